The first-order chi connectivity index (χ1) is 5.31. The van der Waals surface area contributed by atoms with Crippen LogP contribution in [0.15, 0.2) is 0 Å². The smallest absolute Gasteiger partial charge is 0.0295 e. The van der Waals surface area contributed by atoms with Crippen molar-refractivity contribution in [2.45, 2.75) is 58.3 Å². The molecule has 2 rings (SSSR count). The Morgan fingerprint density at radius 2 is 1.73 bits per heavy atom. The van der Waals surface area contributed by atoms with Crippen molar-refractivity contribution in [3.63, 3.8) is 0 Å². The third-order valence-corrected chi connectivity index (χ3v) is 3.86. The van der Waals surface area contributed by atoms with Crippen molar-refractivity contribution < 1.29 is 0 Å². The van der Waals surface area contributed by atoms with Crippen LogP contribution in [-0.2, 0) is 0 Å². The third-order valence-electron chi connectivity index (χ3n) is 3.86. The maximum absolute atomic E-state index is 2.43. The minimum absolute atomic E-state index is 0.845. The van der Waals surface area contributed by atoms with Gasteiger partial charge in [-0.1, -0.05) is 32.6 Å². The van der Waals surface area contributed by atoms with Crippen LogP contribution < -0.4 is 0 Å². The highest BCUT2D eigenvalue weighted by Crippen LogP contribution is 2.50. The molecule has 0 saturated heterocycles. The molecule has 0 nitrogen and oxygen atoms in total. The monoisotopic (exact) mass is 152 g/mol. The second-order valence-electron chi connectivity index (χ2n) is 4.91. The van der Waals surface area contributed by atoms with Gasteiger partial charge in [-0.2, -0.15) is 0 Å². The lowest BCUT2D eigenvalue weighted by atomic mass is 9.72. The lowest BCUT2D eigenvalue weighted by Gasteiger charge is -2.33. The van der Waals surface area contributed by atoms with Gasteiger partial charge in [-0.25, -0.2) is 0 Å². The Hall–Kier alpha value is 0. The topological polar surface area (TPSA) is 0 Å². The molecule has 1 atom stereocenters. The Morgan fingerprint density at radius 1 is 1.00 bits per heavy atom. The number of hydrogen-bond acceptors (Lipinski definition) is 0. The van der Waals surface area contributed by atoms with E-state index >= 15 is 0 Å². The van der Waals surface area contributed by atoms with Crippen molar-refractivity contribution in [3.8, 4) is 0 Å². The maximum atomic E-state index is 2.43. The fourth-order valence-electron chi connectivity index (χ4n) is 3.25. The Labute approximate surface area is 70.4 Å². The van der Waals surface area contributed by atoms with Gasteiger partial charge in [-0.3, -0.25) is 0 Å². The van der Waals surface area contributed by atoms with E-state index in [-0.39, 0.29) is 0 Å². The van der Waals surface area contributed by atoms with E-state index in [2.05, 4.69) is 6.92 Å². The summed E-state index contributed by atoms with van der Waals surface area (Å²) in [7, 11) is 0. The number of hydrogen-bond donors (Lipinski definition) is 0. The number of rotatable bonds is 0. The van der Waals surface area contributed by atoms with Crippen LogP contribution in [0.2, 0.25) is 0 Å². The molecule has 2 saturated carbocycles. The van der Waals surface area contributed by atoms with Crippen molar-refractivity contribution in [1.29, 1.82) is 0 Å². The van der Waals surface area contributed by atoms with Gasteiger partial charge >= 0.3 is 0 Å². The molecule has 0 aliphatic heterocycles. The summed E-state index contributed by atoms with van der Waals surface area (Å²) < 4.78 is 0. The molecule has 2 fully saturated rings. The standard InChI is InChI=1S/C11H20/c1-10-5-8-11(9-10)6-3-2-4-7-11/h10H,2-9H2,1H3/t10-/m1/s1. The SMILES string of the molecule is C[C@@H]1CCC2(CCCCC2)C1. The molecular weight excluding hydrogens is 132 g/mol. The Morgan fingerprint density at radius 3 is 2.27 bits per heavy atom. The molecule has 0 aromatic carbocycles. The van der Waals surface area contributed by atoms with Crippen molar-refractivity contribution in [1.82, 2.24) is 0 Å². The van der Waals surface area contributed by atoms with Crippen LogP contribution in [0.25, 0.3) is 0 Å². The van der Waals surface area contributed by atoms with Crippen LogP contribution in [0.5, 0.6) is 0 Å². The molecule has 2 aliphatic carbocycles. The molecule has 0 amide bonds. The summed E-state index contributed by atoms with van der Waals surface area (Å²) >= 11 is 0. The van der Waals surface area contributed by atoms with Crippen LogP contribution in [0.3, 0.4) is 0 Å². The summed E-state index contributed by atoms with van der Waals surface area (Å²) in [5.74, 6) is 1.04. The molecule has 0 heteroatoms. The van der Waals surface area contributed by atoms with Crippen molar-refractivity contribution in [2.24, 2.45) is 11.3 Å². The first kappa shape index (κ1) is 7.64. The molecule has 11 heavy (non-hydrogen) atoms. The van der Waals surface area contributed by atoms with Crippen molar-refractivity contribution in [3.05, 3.63) is 0 Å². The highest BCUT2D eigenvalue weighted by atomic mass is 14.4. The average Bonchev–Trinajstić information content (AvgIpc) is 2.34. The first-order valence-corrected chi connectivity index (χ1v) is 5.31. The van der Waals surface area contributed by atoms with E-state index in [1.807, 2.05) is 0 Å². The van der Waals surface area contributed by atoms with E-state index in [0.29, 0.717) is 0 Å². The molecule has 2 aliphatic rings. The Kier molecular flexibility index (Phi) is 1.95. The second kappa shape index (κ2) is 2.80. The predicted molar refractivity (Wildman–Crippen MR) is 48.5 cm³/mol. The van der Waals surface area contributed by atoms with Gasteiger partial charge in [0.05, 0.1) is 0 Å². The van der Waals surface area contributed by atoms with Gasteiger partial charge in [0.2, 0.25) is 0 Å². The quantitative estimate of drug-likeness (QED) is 0.496. The molecule has 0 radical (unpaired) electrons. The minimum Gasteiger partial charge on any atom is -0.0625 e. The maximum Gasteiger partial charge on any atom is -0.0295 e. The second-order valence-corrected chi connectivity index (χ2v) is 4.91. The molecular formula is C11H20. The molecule has 0 heterocycles. The first-order valence-electron chi connectivity index (χ1n) is 5.31. The molecule has 0 aromatic heterocycles. The molecule has 0 aromatic rings. The molecule has 0 unspecified atom stereocenters. The van der Waals surface area contributed by atoms with Gasteiger partial charge in [0.1, 0.15) is 0 Å². The van der Waals surface area contributed by atoms with E-state index in [1.54, 1.807) is 25.7 Å². The highest BCUT2D eigenvalue weighted by Gasteiger charge is 2.37. The van der Waals surface area contributed by atoms with Crippen LogP contribution in [0, 0.1) is 11.3 Å². The van der Waals surface area contributed by atoms with E-state index in [0.717, 1.165) is 11.3 Å². The molecule has 0 bridgehead atoms. The van der Waals surface area contributed by atoms with Gasteiger partial charge in [0.15, 0.2) is 0 Å². The van der Waals surface area contributed by atoms with Gasteiger partial charge in [-0.15, -0.1) is 0 Å². The average molecular weight is 152 g/mol. The van der Waals surface area contributed by atoms with Gasteiger partial charge in [0, 0.05) is 0 Å². The van der Waals surface area contributed by atoms with Crippen LogP contribution in [-0.4, -0.2) is 0 Å². The van der Waals surface area contributed by atoms with Gasteiger partial charge in [-0.05, 0) is 37.0 Å². The van der Waals surface area contributed by atoms with Gasteiger partial charge in [0.25, 0.3) is 0 Å². The fourth-order valence-corrected chi connectivity index (χ4v) is 3.25. The lowest BCUT2D eigenvalue weighted by molar-refractivity contribution is 0.191. The zero-order valence-corrected chi connectivity index (χ0v) is 7.73. The zero-order valence-electron chi connectivity index (χ0n) is 7.73. The van der Waals surface area contributed by atoms with E-state index in [9.17, 15) is 0 Å². The van der Waals surface area contributed by atoms with Gasteiger partial charge < -0.3 is 0 Å². The Bertz CT molecular complexity index is 125. The third kappa shape index (κ3) is 1.45. The van der Waals surface area contributed by atoms with E-state index in [1.165, 1.54) is 25.7 Å². The van der Waals surface area contributed by atoms with E-state index in [4.69, 9.17) is 0 Å². The van der Waals surface area contributed by atoms with Crippen LogP contribution in [0.4, 0.5) is 0 Å². The van der Waals surface area contributed by atoms with Crippen LogP contribution >= 0.6 is 0 Å². The van der Waals surface area contributed by atoms with Crippen molar-refractivity contribution in [2.75, 3.05) is 0 Å². The highest BCUT2D eigenvalue weighted by molar-refractivity contribution is 4.89. The summed E-state index contributed by atoms with van der Waals surface area (Å²) in [6, 6.07) is 0. The Balaban J connectivity index is 1.98. The molecule has 64 valence electrons. The predicted octanol–water partition coefficient (Wildman–Crippen LogP) is 3.76. The summed E-state index contributed by atoms with van der Waals surface area (Å²) in [5.41, 5.74) is 0.845. The molecule has 1 spiro atoms. The fraction of sp³-hybridized carbons (Fsp3) is 1.00. The molecule has 0 N–H and O–H groups in total. The zero-order chi connectivity index (χ0) is 7.73. The summed E-state index contributed by atoms with van der Waals surface area (Å²) in [6.07, 6.45) is 12.3. The summed E-state index contributed by atoms with van der Waals surface area (Å²) in [4.78, 5) is 0. The van der Waals surface area contributed by atoms with E-state index < -0.39 is 0 Å². The van der Waals surface area contributed by atoms with Crippen molar-refractivity contribution >= 4 is 0 Å². The van der Waals surface area contributed by atoms with Crippen LogP contribution in [0.1, 0.15) is 58.3 Å². The summed E-state index contributed by atoms with van der Waals surface area (Å²) in [6.45, 7) is 2.43. The summed E-state index contributed by atoms with van der Waals surface area (Å²) in [5, 5.41) is 0. The normalized spacial score (nSPS) is 36.3. The minimum atomic E-state index is 0.845. The lowest BCUT2D eigenvalue weighted by Crippen LogP contribution is -2.20. The largest absolute Gasteiger partial charge is 0.0625 e.